The number of hydrogen-bond donors (Lipinski definition) is 1. The maximum atomic E-state index is 12.2. The third kappa shape index (κ3) is 5.41. The van der Waals surface area contributed by atoms with E-state index in [1.54, 1.807) is 11.8 Å². The highest BCUT2D eigenvalue weighted by atomic mass is 32.2. The lowest BCUT2D eigenvalue weighted by molar-refractivity contribution is -0.119. The molecule has 24 heavy (non-hydrogen) atoms. The lowest BCUT2D eigenvalue weighted by Crippen LogP contribution is -2.28. The summed E-state index contributed by atoms with van der Waals surface area (Å²) in [7, 11) is 0. The molecule has 2 nitrogen and oxygen atoms in total. The zero-order chi connectivity index (χ0) is 17.7. The molecule has 0 saturated heterocycles. The van der Waals surface area contributed by atoms with Gasteiger partial charge in [0.2, 0.25) is 5.91 Å². The number of nitrogens with one attached hydrogen (secondary N) is 1. The maximum absolute atomic E-state index is 12.2. The highest BCUT2D eigenvalue weighted by Gasteiger charge is 2.15. The molecular formula is C21H27NOS. The van der Waals surface area contributed by atoms with Crippen LogP contribution in [0.1, 0.15) is 50.4 Å². The van der Waals surface area contributed by atoms with E-state index < -0.39 is 0 Å². The molecular weight excluding hydrogens is 314 g/mol. The molecule has 2 aromatic rings. The first kappa shape index (κ1) is 18.6. The van der Waals surface area contributed by atoms with Gasteiger partial charge in [0.15, 0.2) is 0 Å². The summed E-state index contributed by atoms with van der Waals surface area (Å²) in [4.78, 5) is 13.3. The van der Waals surface area contributed by atoms with Crippen molar-refractivity contribution in [2.24, 2.45) is 0 Å². The average Bonchev–Trinajstić information content (AvgIpc) is 2.53. The molecule has 0 fully saturated rings. The Morgan fingerprint density at radius 3 is 2.17 bits per heavy atom. The van der Waals surface area contributed by atoms with Gasteiger partial charge in [-0.1, -0.05) is 62.7 Å². The van der Waals surface area contributed by atoms with E-state index >= 15 is 0 Å². The predicted octanol–water partition coefficient (Wildman–Crippen LogP) is 5.26. The molecule has 0 bridgehead atoms. The van der Waals surface area contributed by atoms with Crippen molar-refractivity contribution in [3.63, 3.8) is 0 Å². The lowest BCUT2D eigenvalue weighted by atomic mass is 9.86. The summed E-state index contributed by atoms with van der Waals surface area (Å²) in [6.45, 7) is 10.7. The Labute approximate surface area is 150 Å². The van der Waals surface area contributed by atoms with Crippen LogP contribution in [0.4, 0.5) is 0 Å². The Morgan fingerprint density at radius 2 is 1.62 bits per heavy atom. The van der Waals surface area contributed by atoms with E-state index in [1.807, 2.05) is 6.92 Å². The molecule has 0 aliphatic heterocycles. The topological polar surface area (TPSA) is 29.1 Å². The van der Waals surface area contributed by atoms with Gasteiger partial charge < -0.3 is 5.32 Å². The molecule has 128 valence electrons. The van der Waals surface area contributed by atoms with Crippen LogP contribution in [0.5, 0.6) is 0 Å². The highest BCUT2D eigenvalue weighted by Crippen LogP contribution is 2.24. The van der Waals surface area contributed by atoms with E-state index in [1.165, 1.54) is 11.1 Å². The zero-order valence-electron chi connectivity index (χ0n) is 15.2. The van der Waals surface area contributed by atoms with E-state index in [0.29, 0.717) is 5.75 Å². The molecule has 1 N–H and O–H groups in total. The number of hydrogen-bond acceptors (Lipinski definition) is 2. The lowest BCUT2D eigenvalue weighted by Gasteiger charge is -2.20. The van der Waals surface area contributed by atoms with Crippen molar-refractivity contribution in [3.8, 4) is 0 Å². The van der Waals surface area contributed by atoms with Gasteiger partial charge in [0.1, 0.15) is 0 Å². The molecule has 1 atom stereocenters. The fourth-order valence-electron chi connectivity index (χ4n) is 2.42. The number of benzene rings is 2. The second-order valence-corrected chi connectivity index (χ2v) is 8.31. The molecule has 0 spiro atoms. The van der Waals surface area contributed by atoms with Gasteiger partial charge in [-0.15, -0.1) is 11.8 Å². The van der Waals surface area contributed by atoms with Crippen molar-refractivity contribution >= 4 is 17.7 Å². The number of aryl methyl sites for hydroxylation is 1. The van der Waals surface area contributed by atoms with Crippen LogP contribution < -0.4 is 5.32 Å². The number of amides is 1. The van der Waals surface area contributed by atoms with Gasteiger partial charge in [-0.2, -0.15) is 0 Å². The highest BCUT2D eigenvalue weighted by molar-refractivity contribution is 8.00. The quantitative estimate of drug-likeness (QED) is 0.751. The van der Waals surface area contributed by atoms with Crippen molar-refractivity contribution in [2.45, 2.75) is 51.0 Å². The summed E-state index contributed by atoms with van der Waals surface area (Å²) in [5.41, 5.74) is 3.82. The second kappa shape index (κ2) is 7.89. The summed E-state index contributed by atoms with van der Waals surface area (Å²) in [6, 6.07) is 16.8. The largest absolute Gasteiger partial charge is 0.349 e. The van der Waals surface area contributed by atoms with Crippen LogP contribution in [-0.4, -0.2) is 11.7 Å². The van der Waals surface area contributed by atoms with Gasteiger partial charge in [-0.25, -0.2) is 0 Å². The minimum absolute atomic E-state index is 0.0186. The van der Waals surface area contributed by atoms with Crippen molar-refractivity contribution in [1.29, 1.82) is 0 Å². The summed E-state index contributed by atoms with van der Waals surface area (Å²) in [6.07, 6.45) is 0. The van der Waals surface area contributed by atoms with E-state index in [0.717, 1.165) is 10.5 Å². The Hall–Kier alpha value is -1.74. The van der Waals surface area contributed by atoms with Crippen molar-refractivity contribution < 1.29 is 4.79 Å². The minimum atomic E-state index is 0.0186. The molecule has 0 aliphatic carbocycles. The van der Waals surface area contributed by atoms with Gasteiger partial charge in [-0.3, -0.25) is 4.79 Å². The normalized spacial score (nSPS) is 12.7. The summed E-state index contributed by atoms with van der Waals surface area (Å²) < 4.78 is 0. The maximum Gasteiger partial charge on any atom is 0.230 e. The first-order chi connectivity index (χ1) is 11.3. The van der Waals surface area contributed by atoms with Gasteiger partial charge in [0.25, 0.3) is 0 Å². The molecule has 0 aliphatic rings. The number of thioether (sulfide) groups is 1. The smallest absolute Gasteiger partial charge is 0.230 e. The number of carbonyl (C=O) groups is 1. The second-order valence-electron chi connectivity index (χ2n) is 7.26. The minimum Gasteiger partial charge on any atom is -0.349 e. The standard InChI is InChI=1S/C21H27NOS/c1-15-6-12-19(13-7-15)24-14-20(23)22-16(2)17-8-10-18(11-9-17)21(3,4)5/h6-13,16H,14H2,1-5H3,(H,22,23). The van der Waals surface area contributed by atoms with Crippen molar-refractivity contribution in [2.75, 3.05) is 5.75 Å². The van der Waals surface area contributed by atoms with Gasteiger partial charge in [-0.05, 0) is 42.5 Å². The van der Waals surface area contributed by atoms with Crippen LogP contribution in [0, 0.1) is 6.92 Å². The SMILES string of the molecule is Cc1ccc(SCC(=O)NC(C)c2ccc(C(C)(C)C)cc2)cc1. The first-order valence-corrected chi connectivity index (χ1v) is 9.33. The Kier molecular flexibility index (Phi) is 6.11. The Bertz CT molecular complexity index is 668. The molecule has 0 radical (unpaired) electrons. The zero-order valence-corrected chi connectivity index (χ0v) is 16.0. The van der Waals surface area contributed by atoms with E-state index in [9.17, 15) is 4.79 Å². The third-order valence-corrected chi connectivity index (χ3v) is 5.06. The van der Waals surface area contributed by atoms with Gasteiger partial charge in [0, 0.05) is 4.90 Å². The van der Waals surface area contributed by atoms with Crippen LogP contribution in [0.15, 0.2) is 53.4 Å². The molecule has 0 heterocycles. The summed E-state index contributed by atoms with van der Waals surface area (Å²) >= 11 is 1.57. The molecule has 0 aromatic heterocycles. The van der Waals surface area contributed by atoms with Crippen LogP contribution >= 0.6 is 11.8 Å². The van der Waals surface area contributed by atoms with Crippen molar-refractivity contribution in [3.05, 3.63) is 65.2 Å². The molecule has 3 heteroatoms. The van der Waals surface area contributed by atoms with Crippen LogP contribution in [0.2, 0.25) is 0 Å². The number of carbonyl (C=O) groups excluding carboxylic acids is 1. The monoisotopic (exact) mass is 341 g/mol. The average molecular weight is 342 g/mol. The molecule has 1 amide bonds. The fraction of sp³-hybridized carbons (Fsp3) is 0.381. The molecule has 2 aromatic carbocycles. The van der Waals surface area contributed by atoms with Gasteiger partial charge >= 0.3 is 0 Å². The fourth-order valence-corrected chi connectivity index (χ4v) is 3.13. The van der Waals surface area contributed by atoms with Gasteiger partial charge in [0.05, 0.1) is 11.8 Å². The third-order valence-electron chi connectivity index (χ3n) is 4.05. The Balaban J connectivity index is 1.88. The van der Waals surface area contributed by atoms with Crippen LogP contribution in [-0.2, 0) is 10.2 Å². The van der Waals surface area contributed by atoms with Crippen LogP contribution in [0.25, 0.3) is 0 Å². The summed E-state index contributed by atoms with van der Waals surface area (Å²) in [5, 5.41) is 3.08. The van der Waals surface area contributed by atoms with E-state index in [4.69, 9.17) is 0 Å². The Morgan fingerprint density at radius 1 is 1.04 bits per heavy atom. The van der Waals surface area contributed by atoms with E-state index in [-0.39, 0.29) is 17.4 Å². The predicted molar refractivity (Wildman–Crippen MR) is 104 cm³/mol. The molecule has 1 unspecified atom stereocenters. The first-order valence-electron chi connectivity index (χ1n) is 8.35. The van der Waals surface area contributed by atoms with Crippen molar-refractivity contribution in [1.82, 2.24) is 5.32 Å². The summed E-state index contributed by atoms with van der Waals surface area (Å²) in [5.74, 6) is 0.501. The van der Waals surface area contributed by atoms with E-state index in [2.05, 4.69) is 81.5 Å². The molecule has 2 rings (SSSR count). The number of rotatable bonds is 5. The van der Waals surface area contributed by atoms with Crippen LogP contribution in [0.3, 0.4) is 0 Å². The molecule has 0 saturated carbocycles.